The predicted octanol–water partition coefficient (Wildman–Crippen LogP) is 3.54. The van der Waals surface area contributed by atoms with Crippen molar-refractivity contribution in [3.63, 3.8) is 0 Å². The molecule has 2 aliphatic rings. The number of hydrogen-bond acceptors (Lipinski definition) is 6. The van der Waals surface area contributed by atoms with E-state index in [4.69, 9.17) is 0 Å². The molecule has 0 radical (unpaired) electrons. The lowest BCUT2D eigenvalue weighted by atomic mass is 9.90. The zero-order valence-corrected chi connectivity index (χ0v) is 17.7. The van der Waals surface area contributed by atoms with Crippen LogP contribution in [0.4, 0.5) is 16.5 Å². The summed E-state index contributed by atoms with van der Waals surface area (Å²) in [5.41, 5.74) is 1.37. The molecule has 2 fully saturated rings. The number of carbonyl (C=O) groups is 3. The summed E-state index contributed by atoms with van der Waals surface area (Å²) in [6, 6.07) is 7.02. The van der Waals surface area contributed by atoms with Gasteiger partial charge in [-0.3, -0.25) is 14.4 Å². The molecule has 0 spiro atoms. The van der Waals surface area contributed by atoms with E-state index in [-0.39, 0.29) is 24.1 Å². The van der Waals surface area contributed by atoms with Crippen LogP contribution in [-0.4, -0.2) is 34.5 Å². The minimum Gasteiger partial charge on any atom is -0.326 e. The van der Waals surface area contributed by atoms with Crippen molar-refractivity contribution in [3.8, 4) is 0 Å². The predicted molar refractivity (Wildman–Crippen MR) is 116 cm³/mol. The second-order valence-corrected chi connectivity index (χ2v) is 8.91. The first kappa shape index (κ1) is 20.5. The average Bonchev–Trinajstić information content (AvgIpc) is 3.36. The Bertz CT molecular complexity index is 936. The van der Waals surface area contributed by atoms with Crippen molar-refractivity contribution in [2.75, 3.05) is 22.1 Å². The van der Waals surface area contributed by atoms with Crippen molar-refractivity contribution in [1.82, 2.24) is 10.2 Å². The fraction of sp³-hybridized carbons (Fsp3) is 0.476. The lowest BCUT2D eigenvalue weighted by Gasteiger charge is -2.18. The summed E-state index contributed by atoms with van der Waals surface area (Å²) in [4.78, 5) is 37.9. The van der Waals surface area contributed by atoms with Gasteiger partial charge in [-0.15, -0.1) is 10.2 Å². The lowest BCUT2D eigenvalue weighted by Crippen LogP contribution is -2.28. The summed E-state index contributed by atoms with van der Waals surface area (Å²) >= 11 is 1.44. The first-order valence-corrected chi connectivity index (χ1v) is 11.1. The molecule has 2 N–H and O–H groups in total. The standard InChI is InChI=1S/C21H25N5O3S/c1-13(27)22-16-7-9-17(10-8-16)26-12-15(11-18(26)28)19(29)23-21-25-24-20(30-21)14-5-3-2-4-6-14/h7-10,14-15H,2-6,11-12H2,1H3,(H,22,27)(H,23,25,29). The van der Waals surface area contributed by atoms with Crippen LogP contribution in [0.25, 0.3) is 0 Å². The van der Waals surface area contributed by atoms with Crippen molar-refractivity contribution in [3.05, 3.63) is 29.3 Å². The van der Waals surface area contributed by atoms with E-state index in [0.717, 1.165) is 17.8 Å². The van der Waals surface area contributed by atoms with Gasteiger partial charge in [-0.05, 0) is 37.1 Å². The van der Waals surface area contributed by atoms with Crippen LogP contribution in [-0.2, 0) is 14.4 Å². The molecule has 30 heavy (non-hydrogen) atoms. The Morgan fingerprint density at radius 2 is 1.80 bits per heavy atom. The minimum atomic E-state index is -0.436. The molecule has 2 heterocycles. The van der Waals surface area contributed by atoms with Crippen LogP contribution in [0.1, 0.15) is 56.4 Å². The van der Waals surface area contributed by atoms with E-state index in [0.29, 0.717) is 29.0 Å². The fourth-order valence-corrected chi connectivity index (χ4v) is 4.98. The Hall–Kier alpha value is -2.81. The van der Waals surface area contributed by atoms with Crippen molar-refractivity contribution in [1.29, 1.82) is 0 Å². The van der Waals surface area contributed by atoms with Gasteiger partial charge in [-0.25, -0.2) is 0 Å². The maximum absolute atomic E-state index is 12.7. The smallest absolute Gasteiger partial charge is 0.231 e. The van der Waals surface area contributed by atoms with Gasteiger partial charge in [0.05, 0.1) is 5.92 Å². The number of anilines is 3. The number of nitrogens with one attached hydrogen (secondary N) is 2. The van der Waals surface area contributed by atoms with Crippen molar-refractivity contribution < 1.29 is 14.4 Å². The molecule has 3 amide bonds. The van der Waals surface area contributed by atoms with Crippen LogP contribution in [0.3, 0.4) is 0 Å². The van der Waals surface area contributed by atoms with Gasteiger partial charge in [0.25, 0.3) is 0 Å². The maximum atomic E-state index is 12.7. The zero-order valence-electron chi connectivity index (χ0n) is 16.9. The summed E-state index contributed by atoms with van der Waals surface area (Å²) in [7, 11) is 0. The molecule has 1 saturated heterocycles. The summed E-state index contributed by atoms with van der Waals surface area (Å²) in [6.07, 6.45) is 6.15. The Morgan fingerprint density at radius 3 is 2.50 bits per heavy atom. The molecule has 1 saturated carbocycles. The number of benzene rings is 1. The molecule has 8 nitrogen and oxygen atoms in total. The first-order valence-electron chi connectivity index (χ1n) is 10.3. The van der Waals surface area contributed by atoms with Gasteiger partial charge < -0.3 is 15.5 Å². The SMILES string of the molecule is CC(=O)Nc1ccc(N2CC(C(=O)Nc3nnc(C4CCCCC4)s3)CC2=O)cc1. The van der Waals surface area contributed by atoms with Gasteiger partial charge in [0, 0.05) is 37.2 Å². The molecule has 0 bridgehead atoms. The molecule has 1 unspecified atom stereocenters. The van der Waals surface area contributed by atoms with Crippen molar-refractivity contribution >= 4 is 45.6 Å². The zero-order chi connectivity index (χ0) is 21.1. The van der Waals surface area contributed by atoms with Gasteiger partial charge in [0.15, 0.2) is 0 Å². The Labute approximate surface area is 179 Å². The number of rotatable bonds is 5. The van der Waals surface area contributed by atoms with Crippen LogP contribution in [0.5, 0.6) is 0 Å². The Kier molecular flexibility index (Phi) is 6.08. The van der Waals surface area contributed by atoms with Gasteiger partial charge in [0.1, 0.15) is 5.01 Å². The lowest BCUT2D eigenvalue weighted by molar-refractivity contribution is -0.122. The third-order valence-corrected chi connectivity index (χ3v) is 6.62. The van der Waals surface area contributed by atoms with Crippen LogP contribution in [0.15, 0.2) is 24.3 Å². The van der Waals surface area contributed by atoms with Gasteiger partial charge >= 0.3 is 0 Å². The summed E-state index contributed by atoms with van der Waals surface area (Å²) < 4.78 is 0. The van der Waals surface area contributed by atoms with Crippen molar-refractivity contribution in [2.24, 2.45) is 5.92 Å². The summed E-state index contributed by atoms with van der Waals surface area (Å²) in [6.45, 7) is 1.76. The molecule has 1 aromatic heterocycles. The fourth-order valence-electron chi connectivity index (χ4n) is 4.07. The molecule has 1 atom stereocenters. The third kappa shape index (κ3) is 4.67. The largest absolute Gasteiger partial charge is 0.326 e. The third-order valence-electron chi connectivity index (χ3n) is 5.62. The molecule has 1 aromatic carbocycles. The molecule has 1 aliphatic carbocycles. The Morgan fingerprint density at radius 1 is 1.07 bits per heavy atom. The van der Waals surface area contributed by atoms with Crippen molar-refractivity contribution in [2.45, 2.75) is 51.4 Å². The van der Waals surface area contributed by atoms with E-state index in [1.165, 1.54) is 37.5 Å². The second-order valence-electron chi connectivity index (χ2n) is 7.90. The maximum Gasteiger partial charge on any atom is 0.231 e. The monoisotopic (exact) mass is 427 g/mol. The molecule has 9 heteroatoms. The van der Waals surface area contributed by atoms with E-state index in [1.54, 1.807) is 29.2 Å². The number of amides is 3. The molecule has 1 aliphatic heterocycles. The quantitative estimate of drug-likeness (QED) is 0.760. The van der Waals surface area contributed by atoms with E-state index >= 15 is 0 Å². The average molecular weight is 428 g/mol. The molecule has 4 rings (SSSR count). The van der Waals surface area contributed by atoms with E-state index in [9.17, 15) is 14.4 Å². The summed E-state index contributed by atoms with van der Waals surface area (Å²) in [5, 5.41) is 15.4. The Balaban J connectivity index is 1.36. The number of nitrogens with zero attached hydrogens (tertiary/aromatic N) is 3. The molecule has 158 valence electrons. The highest BCUT2D eigenvalue weighted by atomic mass is 32.1. The van der Waals surface area contributed by atoms with Gasteiger partial charge in [-0.1, -0.05) is 30.6 Å². The highest BCUT2D eigenvalue weighted by Gasteiger charge is 2.35. The van der Waals surface area contributed by atoms with E-state index < -0.39 is 5.92 Å². The molecular formula is C21H25N5O3S. The van der Waals surface area contributed by atoms with Crippen LogP contribution in [0, 0.1) is 5.92 Å². The van der Waals surface area contributed by atoms with E-state index in [2.05, 4.69) is 20.8 Å². The number of aromatic nitrogens is 2. The van der Waals surface area contributed by atoms with E-state index in [1.807, 2.05) is 0 Å². The number of carbonyl (C=O) groups excluding carboxylic acids is 3. The topological polar surface area (TPSA) is 104 Å². The van der Waals surface area contributed by atoms with Gasteiger partial charge in [0.2, 0.25) is 22.9 Å². The van der Waals surface area contributed by atoms with Crippen LogP contribution in [0.2, 0.25) is 0 Å². The minimum absolute atomic E-state index is 0.0948. The van der Waals surface area contributed by atoms with Gasteiger partial charge in [-0.2, -0.15) is 0 Å². The highest BCUT2D eigenvalue weighted by Crippen LogP contribution is 2.35. The molecular weight excluding hydrogens is 402 g/mol. The van der Waals surface area contributed by atoms with Crippen LogP contribution < -0.4 is 15.5 Å². The number of hydrogen-bond donors (Lipinski definition) is 2. The summed E-state index contributed by atoms with van der Waals surface area (Å²) in [5.74, 6) is -0.435. The first-order chi connectivity index (χ1) is 14.5. The highest BCUT2D eigenvalue weighted by molar-refractivity contribution is 7.15. The van der Waals surface area contributed by atoms with Crippen LogP contribution >= 0.6 is 11.3 Å². The second kappa shape index (κ2) is 8.91. The molecule has 2 aromatic rings. The normalized spacial score (nSPS) is 19.7.